The van der Waals surface area contributed by atoms with Gasteiger partial charge in [0.2, 0.25) is 0 Å². The lowest BCUT2D eigenvalue weighted by molar-refractivity contribution is 1.02. The zero-order valence-corrected chi connectivity index (χ0v) is 23.9. The predicted molar refractivity (Wildman–Crippen MR) is 179 cm³/mol. The minimum absolute atomic E-state index is 1.05. The fourth-order valence-electron chi connectivity index (χ4n) is 5.98. The fraction of sp³-hybridized carbons (Fsp3) is 0.0263. The van der Waals surface area contributed by atoms with Gasteiger partial charge in [0.1, 0.15) is 5.01 Å². The maximum atomic E-state index is 4.98. The van der Waals surface area contributed by atoms with Crippen molar-refractivity contribution >= 4 is 60.4 Å². The molecule has 42 heavy (non-hydrogen) atoms. The number of hydrogen-bond acceptors (Lipinski definition) is 3. The maximum Gasteiger partial charge on any atom is 0.124 e. The summed E-state index contributed by atoms with van der Waals surface area (Å²) in [5.74, 6) is 0. The van der Waals surface area contributed by atoms with Crippen molar-refractivity contribution in [3.05, 3.63) is 146 Å². The molecular formula is C38H27N3S. The number of fused-ring (bicyclic) bond motifs is 5. The van der Waals surface area contributed by atoms with Crippen molar-refractivity contribution in [2.75, 3.05) is 4.90 Å². The van der Waals surface area contributed by atoms with Crippen LogP contribution in [0.15, 0.2) is 146 Å². The van der Waals surface area contributed by atoms with E-state index in [1.165, 1.54) is 37.6 Å². The van der Waals surface area contributed by atoms with Gasteiger partial charge in [-0.3, -0.25) is 0 Å². The number of rotatable bonds is 5. The Hall–Kier alpha value is -5.19. The molecule has 0 amide bonds. The number of aryl methyl sites for hydroxylation is 1. The van der Waals surface area contributed by atoms with Crippen molar-refractivity contribution < 1.29 is 0 Å². The van der Waals surface area contributed by atoms with Crippen LogP contribution in [0.4, 0.5) is 17.1 Å². The molecule has 3 nitrogen and oxygen atoms in total. The minimum Gasteiger partial charge on any atom is -0.342 e. The topological polar surface area (TPSA) is 21.1 Å². The van der Waals surface area contributed by atoms with E-state index in [-0.39, 0.29) is 0 Å². The first-order valence-corrected chi connectivity index (χ1v) is 14.9. The summed E-state index contributed by atoms with van der Waals surface area (Å²) in [6.07, 6.45) is 0. The molecule has 200 valence electrons. The Bertz CT molecular complexity index is 2140. The molecule has 2 aromatic heterocycles. The zero-order valence-electron chi connectivity index (χ0n) is 23.1. The quantitative estimate of drug-likeness (QED) is 0.210. The smallest absolute Gasteiger partial charge is 0.124 e. The second-order valence-corrected chi connectivity index (χ2v) is 11.5. The molecule has 0 saturated carbocycles. The SMILES string of the molecule is Cn1c2ccc(-c3ccc(N(c4ccccc4)c4ccccc4)cc3)cc2c2ccc3nc(-c4ccccc4)sc3c21. The third-order valence-electron chi connectivity index (χ3n) is 8.02. The van der Waals surface area contributed by atoms with Gasteiger partial charge in [-0.1, -0.05) is 84.9 Å². The lowest BCUT2D eigenvalue weighted by atomic mass is 10.0. The van der Waals surface area contributed by atoms with E-state index in [0.29, 0.717) is 0 Å². The first kappa shape index (κ1) is 24.6. The lowest BCUT2D eigenvalue weighted by Crippen LogP contribution is -2.09. The highest BCUT2D eigenvalue weighted by Crippen LogP contribution is 2.40. The maximum absolute atomic E-state index is 4.98. The zero-order chi connectivity index (χ0) is 28.0. The molecule has 0 aliphatic rings. The van der Waals surface area contributed by atoms with Crippen molar-refractivity contribution in [3.8, 4) is 21.7 Å². The van der Waals surface area contributed by atoms with Crippen LogP contribution in [-0.4, -0.2) is 9.55 Å². The van der Waals surface area contributed by atoms with Gasteiger partial charge in [-0.2, -0.15) is 0 Å². The molecule has 8 aromatic rings. The summed E-state index contributed by atoms with van der Waals surface area (Å²) in [5.41, 5.74) is 10.5. The number of para-hydroxylation sites is 2. The van der Waals surface area contributed by atoms with Gasteiger partial charge in [0.25, 0.3) is 0 Å². The molecule has 0 aliphatic heterocycles. The Kier molecular flexibility index (Phi) is 5.87. The third kappa shape index (κ3) is 4.08. The largest absolute Gasteiger partial charge is 0.342 e. The van der Waals surface area contributed by atoms with Gasteiger partial charge in [0, 0.05) is 46.0 Å². The standard InChI is InChI=1S/C38H27N3S/c1-40-35-24-19-28(25-33(35)32-22-23-34-37(36(32)40)42-38(39-34)27-11-5-2-6-12-27)26-17-20-31(21-18-26)41(29-13-7-3-8-14-29)30-15-9-4-10-16-30/h2-25H,1H3. The van der Waals surface area contributed by atoms with Crippen molar-refractivity contribution in [1.29, 1.82) is 0 Å². The van der Waals surface area contributed by atoms with E-state index in [0.717, 1.165) is 33.1 Å². The molecular weight excluding hydrogens is 531 g/mol. The first-order chi connectivity index (χ1) is 20.7. The molecule has 0 aliphatic carbocycles. The molecule has 8 rings (SSSR count). The molecule has 0 bridgehead atoms. The molecule has 2 heterocycles. The highest BCUT2D eigenvalue weighted by Gasteiger charge is 2.17. The van der Waals surface area contributed by atoms with Crippen molar-refractivity contribution in [1.82, 2.24) is 9.55 Å². The first-order valence-electron chi connectivity index (χ1n) is 14.1. The number of thiazole rings is 1. The summed E-state index contributed by atoms with van der Waals surface area (Å²) in [6, 6.07) is 51.6. The minimum atomic E-state index is 1.05. The average molecular weight is 558 g/mol. The molecule has 0 spiro atoms. The van der Waals surface area contributed by atoms with Crippen LogP contribution >= 0.6 is 11.3 Å². The monoisotopic (exact) mass is 557 g/mol. The highest BCUT2D eigenvalue weighted by atomic mass is 32.1. The summed E-state index contributed by atoms with van der Waals surface area (Å²) in [5, 5.41) is 3.59. The summed E-state index contributed by atoms with van der Waals surface area (Å²) < 4.78 is 3.56. The van der Waals surface area contributed by atoms with E-state index in [9.17, 15) is 0 Å². The van der Waals surface area contributed by atoms with E-state index in [1.54, 1.807) is 11.3 Å². The van der Waals surface area contributed by atoms with Crippen molar-refractivity contribution in [2.45, 2.75) is 0 Å². The Morgan fingerprint density at radius 3 is 1.81 bits per heavy atom. The van der Waals surface area contributed by atoms with Crippen LogP contribution in [0.2, 0.25) is 0 Å². The number of hydrogen-bond donors (Lipinski definition) is 0. The van der Waals surface area contributed by atoms with Gasteiger partial charge in [-0.15, -0.1) is 11.3 Å². The summed E-state index contributed by atoms with van der Waals surface area (Å²) >= 11 is 1.77. The molecule has 0 atom stereocenters. The van der Waals surface area contributed by atoms with E-state index >= 15 is 0 Å². The van der Waals surface area contributed by atoms with Crippen LogP contribution < -0.4 is 4.90 Å². The van der Waals surface area contributed by atoms with Gasteiger partial charge >= 0.3 is 0 Å². The van der Waals surface area contributed by atoms with E-state index in [1.807, 2.05) is 6.07 Å². The molecule has 0 N–H and O–H groups in total. The fourth-order valence-corrected chi connectivity index (χ4v) is 7.13. The molecule has 4 heteroatoms. The van der Waals surface area contributed by atoms with Gasteiger partial charge in [0.15, 0.2) is 0 Å². The Morgan fingerprint density at radius 2 is 1.14 bits per heavy atom. The van der Waals surface area contributed by atoms with E-state index in [4.69, 9.17) is 4.98 Å². The Morgan fingerprint density at radius 1 is 0.548 bits per heavy atom. The van der Waals surface area contributed by atoms with Crippen LogP contribution in [0.5, 0.6) is 0 Å². The van der Waals surface area contributed by atoms with Gasteiger partial charge in [0.05, 0.1) is 15.7 Å². The van der Waals surface area contributed by atoms with Crippen LogP contribution in [0.25, 0.3) is 53.7 Å². The van der Waals surface area contributed by atoms with Gasteiger partial charge in [-0.05, 0) is 71.8 Å². The van der Waals surface area contributed by atoms with E-state index < -0.39 is 0 Å². The molecule has 0 radical (unpaired) electrons. The highest BCUT2D eigenvalue weighted by molar-refractivity contribution is 7.22. The summed E-state index contributed by atoms with van der Waals surface area (Å²) in [7, 11) is 2.17. The Labute approximate surface area is 248 Å². The molecule has 0 saturated heterocycles. The van der Waals surface area contributed by atoms with E-state index in [2.05, 4.69) is 156 Å². The number of benzene rings is 6. The van der Waals surface area contributed by atoms with Crippen molar-refractivity contribution in [3.63, 3.8) is 0 Å². The number of nitrogens with zero attached hydrogens (tertiary/aromatic N) is 3. The predicted octanol–water partition coefficient (Wildman–Crippen LogP) is 10.7. The molecule has 0 fully saturated rings. The Balaban J connectivity index is 1.21. The lowest BCUT2D eigenvalue weighted by Gasteiger charge is -2.25. The van der Waals surface area contributed by atoms with Crippen LogP contribution in [-0.2, 0) is 7.05 Å². The number of aromatic nitrogens is 2. The third-order valence-corrected chi connectivity index (χ3v) is 9.15. The van der Waals surface area contributed by atoms with Crippen molar-refractivity contribution in [2.24, 2.45) is 7.05 Å². The van der Waals surface area contributed by atoms with Crippen LogP contribution in [0.1, 0.15) is 0 Å². The van der Waals surface area contributed by atoms with Gasteiger partial charge < -0.3 is 9.47 Å². The molecule has 0 unspecified atom stereocenters. The van der Waals surface area contributed by atoms with Gasteiger partial charge in [-0.25, -0.2) is 4.98 Å². The normalized spacial score (nSPS) is 11.5. The second kappa shape index (κ2) is 10.0. The summed E-state index contributed by atoms with van der Waals surface area (Å²) in [4.78, 5) is 7.27. The summed E-state index contributed by atoms with van der Waals surface area (Å²) in [6.45, 7) is 0. The average Bonchev–Trinajstić information content (AvgIpc) is 3.62. The van der Waals surface area contributed by atoms with Crippen LogP contribution in [0, 0.1) is 0 Å². The number of anilines is 3. The van der Waals surface area contributed by atoms with Crippen LogP contribution in [0.3, 0.4) is 0 Å². The second-order valence-electron chi connectivity index (χ2n) is 10.5. The molecule has 6 aromatic carbocycles.